The van der Waals surface area contributed by atoms with Crippen molar-refractivity contribution >= 4 is 10.0 Å². The van der Waals surface area contributed by atoms with Gasteiger partial charge in [-0.2, -0.15) is 4.31 Å². The van der Waals surface area contributed by atoms with Crippen molar-refractivity contribution in [2.24, 2.45) is 0 Å². The van der Waals surface area contributed by atoms with Gasteiger partial charge < -0.3 is 4.52 Å². The van der Waals surface area contributed by atoms with E-state index in [1.54, 1.807) is 0 Å². The van der Waals surface area contributed by atoms with Gasteiger partial charge in [0, 0.05) is 25.1 Å². The second-order valence-corrected chi connectivity index (χ2v) is 6.34. The molecule has 0 spiro atoms. The lowest BCUT2D eigenvalue weighted by Gasteiger charge is -2.25. The van der Waals surface area contributed by atoms with Crippen LogP contribution in [0.1, 0.15) is 11.3 Å². The molecule has 3 rings (SSSR count). The fourth-order valence-corrected chi connectivity index (χ4v) is 3.63. The average molecular weight is 300 g/mol. The number of benzene rings is 1. The van der Waals surface area contributed by atoms with E-state index in [0.29, 0.717) is 23.8 Å². The Balaban J connectivity index is 1.99. The van der Waals surface area contributed by atoms with E-state index >= 15 is 0 Å². The van der Waals surface area contributed by atoms with Crippen LogP contribution in [0.25, 0.3) is 0 Å². The van der Waals surface area contributed by atoms with Gasteiger partial charge >= 0.3 is 0 Å². The zero-order valence-corrected chi connectivity index (χ0v) is 11.0. The van der Waals surface area contributed by atoms with Crippen molar-refractivity contribution in [2.75, 3.05) is 6.54 Å². The molecule has 1 aliphatic rings. The summed E-state index contributed by atoms with van der Waals surface area (Å²) in [5.74, 6) is -1.15. The van der Waals surface area contributed by atoms with Crippen molar-refractivity contribution < 1.29 is 21.7 Å². The van der Waals surface area contributed by atoms with Gasteiger partial charge in [-0.05, 0) is 18.2 Å². The van der Waals surface area contributed by atoms with E-state index in [0.717, 1.165) is 16.4 Å². The summed E-state index contributed by atoms with van der Waals surface area (Å²) in [5, 5.41) is 3.59. The highest BCUT2D eigenvalue weighted by Gasteiger charge is 2.32. The molecule has 20 heavy (non-hydrogen) atoms. The molecule has 106 valence electrons. The number of sulfonamides is 1. The van der Waals surface area contributed by atoms with Crippen LogP contribution in [-0.4, -0.2) is 24.4 Å². The third-order valence-electron chi connectivity index (χ3n) is 3.18. The molecular formula is C12H10F2N2O3S. The smallest absolute Gasteiger partial charge is 0.246 e. The molecule has 0 amide bonds. The maximum atomic E-state index is 13.7. The summed E-state index contributed by atoms with van der Waals surface area (Å²) >= 11 is 0. The highest BCUT2D eigenvalue weighted by Crippen LogP contribution is 2.26. The Bertz CT molecular complexity index is 758. The summed E-state index contributed by atoms with van der Waals surface area (Å²) in [6, 6.07) is 2.37. The Morgan fingerprint density at radius 3 is 2.90 bits per heavy atom. The molecule has 0 aliphatic carbocycles. The van der Waals surface area contributed by atoms with Crippen molar-refractivity contribution in [1.29, 1.82) is 0 Å². The van der Waals surface area contributed by atoms with Crippen LogP contribution in [0.2, 0.25) is 0 Å². The van der Waals surface area contributed by atoms with Crippen LogP contribution in [0, 0.1) is 11.6 Å². The predicted octanol–water partition coefficient (Wildman–Crippen LogP) is 1.70. The van der Waals surface area contributed by atoms with Crippen molar-refractivity contribution in [2.45, 2.75) is 17.9 Å². The fourth-order valence-electron chi connectivity index (χ4n) is 2.13. The first-order valence-electron chi connectivity index (χ1n) is 5.86. The molecule has 0 bridgehead atoms. The van der Waals surface area contributed by atoms with Crippen LogP contribution in [-0.2, 0) is 23.0 Å². The Kier molecular flexibility index (Phi) is 3.06. The number of hydrogen-bond acceptors (Lipinski definition) is 4. The summed E-state index contributed by atoms with van der Waals surface area (Å²) < 4.78 is 57.6. The normalized spacial score (nSPS) is 16.1. The molecule has 0 unspecified atom stereocenters. The van der Waals surface area contributed by atoms with Crippen molar-refractivity contribution in [3.05, 3.63) is 47.4 Å². The molecule has 0 saturated carbocycles. The van der Waals surface area contributed by atoms with Crippen molar-refractivity contribution in [3.63, 3.8) is 0 Å². The van der Waals surface area contributed by atoms with Gasteiger partial charge in [0.2, 0.25) is 10.0 Å². The number of nitrogens with zero attached hydrogens (tertiary/aromatic N) is 2. The SMILES string of the molecule is O=S(=O)(c1cc(F)ccc1F)N1CCc2oncc2C1. The van der Waals surface area contributed by atoms with Gasteiger partial charge in [0.05, 0.1) is 6.20 Å². The Morgan fingerprint density at radius 2 is 2.10 bits per heavy atom. The molecule has 1 aromatic carbocycles. The second-order valence-electron chi connectivity index (χ2n) is 4.44. The van der Waals surface area contributed by atoms with Gasteiger partial charge in [-0.3, -0.25) is 0 Å². The summed E-state index contributed by atoms with van der Waals surface area (Å²) in [7, 11) is -4.09. The predicted molar refractivity (Wildman–Crippen MR) is 64.2 cm³/mol. The number of halogens is 2. The minimum absolute atomic E-state index is 0.0388. The van der Waals surface area contributed by atoms with E-state index in [-0.39, 0.29) is 13.1 Å². The van der Waals surface area contributed by atoms with Crippen LogP contribution in [0.4, 0.5) is 8.78 Å². The molecular weight excluding hydrogens is 290 g/mol. The molecule has 1 aromatic heterocycles. The molecule has 0 radical (unpaired) electrons. The number of rotatable bonds is 2. The van der Waals surface area contributed by atoms with Crippen LogP contribution in [0.3, 0.4) is 0 Å². The lowest BCUT2D eigenvalue weighted by Crippen LogP contribution is -2.36. The van der Waals surface area contributed by atoms with Crippen LogP contribution < -0.4 is 0 Å². The summed E-state index contributed by atoms with van der Waals surface area (Å²) in [5.41, 5.74) is 0.636. The second kappa shape index (κ2) is 4.64. The molecule has 0 fully saturated rings. The molecule has 0 saturated heterocycles. The Hall–Kier alpha value is -1.80. The summed E-state index contributed by atoms with van der Waals surface area (Å²) in [4.78, 5) is -0.655. The third-order valence-corrected chi connectivity index (χ3v) is 5.04. The van der Waals surface area contributed by atoms with E-state index in [2.05, 4.69) is 5.16 Å². The maximum absolute atomic E-state index is 13.7. The fraction of sp³-hybridized carbons (Fsp3) is 0.250. The van der Waals surface area contributed by atoms with Gasteiger partial charge in [-0.25, -0.2) is 17.2 Å². The number of hydrogen-bond donors (Lipinski definition) is 0. The lowest BCUT2D eigenvalue weighted by atomic mass is 10.1. The van der Waals surface area contributed by atoms with Gasteiger partial charge in [0.15, 0.2) is 0 Å². The van der Waals surface area contributed by atoms with Gasteiger partial charge in [0.25, 0.3) is 0 Å². The summed E-state index contributed by atoms with van der Waals surface area (Å²) in [6.45, 7) is 0.178. The molecule has 5 nitrogen and oxygen atoms in total. The quantitative estimate of drug-likeness (QED) is 0.847. The Labute approximate surface area is 113 Å². The first-order chi connectivity index (χ1) is 9.48. The molecule has 2 heterocycles. The van der Waals surface area contributed by atoms with Crippen LogP contribution in [0.15, 0.2) is 33.8 Å². The van der Waals surface area contributed by atoms with Crippen molar-refractivity contribution in [3.8, 4) is 0 Å². The third kappa shape index (κ3) is 2.10. The molecule has 0 N–H and O–H groups in total. The zero-order valence-electron chi connectivity index (χ0n) is 10.2. The van der Waals surface area contributed by atoms with E-state index in [4.69, 9.17) is 4.52 Å². The molecule has 8 heteroatoms. The van der Waals surface area contributed by atoms with E-state index in [1.165, 1.54) is 6.20 Å². The molecule has 1 aliphatic heterocycles. The topological polar surface area (TPSA) is 63.4 Å². The van der Waals surface area contributed by atoms with Crippen LogP contribution >= 0.6 is 0 Å². The lowest BCUT2D eigenvalue weighted by molar-refractivity contribution is 0.330. The van der Waals surface area contributed by atoms with Gasteiger partial charge in [-0.15, -0.1) is 0 Å². The highest BCUT2D eigenvalue weighted by atomic mass is 32.2. The van der Waals surface area contributed by atoms with Gasteiger partial charge in [0.1, 0.15) is 22.3 Å². The highest BCUT2D eigenvalue weighted by molar-refractivity contribution is 7.89. The Morgan fingerprint density at radius 1 is 1.30 bits per heavy atom. The van der Waals surface area contributed by atoms with Crippen molar-refractivity contribution in [1.82, 2.24) is 9.46 Å². The summed E-state index contributed by atoms with van der Waals surface area (Å²) in [6.07, 6.45) is 1.78. The minimum Gasteiger partial charge on any atom is -0.361 e. The molecule has 0 atom stereocenters. The molecule has 2 aromatic rings. The van der Waals surface area contributed by atoms with E-state index in [9.17, 15) is 17.2 Å². The zero-order chi connectivity index (χ0) is 14.3. The van der Waals surface area contributed by atoms with E-state index in [1.807, 2.05) is 0 Å². The minimum atomic E-state index is -4.09. The largest absolute Gasteiger partial charge is 0.361 e. The van der Waals surface area contributed by atoms with E-state index < -0.39 is 26.6 Å². The average Bonchev–Trinajstić information content (AvgIpc) is 2.88. The maximum Gasteiger partial charge on any atom is 0.246 e. The first-order valence-corrected chi connectivity index (χ1v) is 7.30. The standard InChI is InChI=1S/C12H10F2N2O3S/c13-9-1-2-10(14)12(5-9)20(17,18)16-4-3-11-8(7-16)6-15-19-11/h1-2,5-6H,3-4,7H2. The first kappa shape index (κ1) is 13.2. The monoisotopic (exact) mass is 300 g/mol. The van der Waals surface area contributed by atoms with Crippen LogP contribution in [0.5, 0.6) is 0 Å². The number of fused-ring (bicyclic) bond motifs is 1. The number of aromatic nitrogens is 1. The van der Waals surface area contributed by atoms with Gasteiger partial charge in [-0.1, -0.05) is 5.16 Å².